The number of rotatable bonds is 24. The Bertz CT molecular complexity index is 789. The molecule has 0 spiro atoms. The van der Waals surface area contributed by atoms with E-state index >= 15 is 0 Å². The van der Waals surface area contributed by atoms with Gasteiger partial charge in [0.15, 0.2) is 6.10 Å². The summed E-state index contributed by atoms with van der Waals surface area (Å²) in [5.74, 6) is -0.883. The predicted octanol–water partition coefficient (Wildman–Crippen LogP) is 6.28. The molecule has 0 saturated heterocycles. The first-order valence-electron chi connectivity index (χ1n) is 14.2. The van der Waals surface area contributed by atoms with Crippen molar-refractivity contribution >= 4 is 19.8 Å². The van der Waals surface area contributed by atoms with E-state index in [1.807, 2.05) is 28.1 Å². The van der Waals surface area contributed by atoms with Gasteiger partial charge in [-0.05, 0) is 44.9 Å². The topological polar surface area (TPSA) is 108 Å². The summed E-state index contributed by atoms with van der Waals surface area (Å²) >= 11 is 0. The van der Waals surface area contributed by atoms with Crippen molar-refractivity contribution in [3.05, 3.63) is 36.5 Å². The van der Waals surface area contributed by atoms with E-state index < -0.39 is 32.5 Å². The molecular formula is C29H53NO8P+. The quantitative estimate of drug-likeness (QED) is 0.0472. The van der Waals surface area contributed by atoms with Crippen molar-refractivity contribution in [2.45, 2.75) is 90.6 Å². The van der Waals surface area contributed by atoms with E-state index in [9.17, 15) is 19.0 Å². The molecule has 0 aromatic heterocycles. The highest BCUT2D eigenvalue weighted by atomic mass is 31.2. The zero-order valence-electron chi connectivity index (χ0n) is 24.8. The number of allylic oxidation sites excluding steroid dienone is 6. The molecule has 0 saturated carbocycles. The van der Waals surface area contributed by atoms with Crippen LogP contribution in [0.3, 0.4) is 0 Å². The molecule has 0 fully saturated rings. The molecule has 0 heterocycles. The first-order valence-corrected chi connectivity index (χ1v) is 15.7. The van der Waals surface area contributed by atoms with Gasteiger partial charge < -0.3 is 18.9 Å². The van der Waals surface area contributed by atoms with Gasteiger partial charge in [-0.25, -0.2) is 4.57 Å². The Kier molecular flexibility index (Phi) is 21.9. The van der Waals surface area contributed by atoms with Crippen molar-refractivity contribution in [2.75, 3.05) is 47.5 Å². The van der Waals surface area contributed by atoms with Gasteiger partial charge in [-0.3, -0.25) is 18.6 Å². The molecule has 0 aromatic carbocycles. The number of nitrogens with zero attached hydrogens (tertiary/aromatic N) is 1. The summed E-state index contributed by atoms with van der Waals surface area (Å²) in [6.45, 7) is 3.95. The molecular weight excluding hydrogens is 521 g/mol. The van der Waals surface area contributed by atoms with Crippen LogP contribution >= 0.6 is 7.82 Å². The van der Waals surface area contributed by atoms with E-state index in [0.717, 1.165) is 44.9 Å². The third kappa shape index (κ3) is 26.2. The Labute approximate surface area is 236 Å². The van der Waals surface area contributed by atoms with Crippen molar-refractivity contribution < 1.29 is 42.1 Å². The van der Waals surface area contributed by atoms with Crippen molar-refractivity contribution in [2.24, 2.45) is 0 Å². The molecule has 10 heteroatoms. The molecule has 0 rings (SSSR count). The highest BCUT2D eigenvalue weighted by molar-refractivity contribution is 7.47. The van der Waals surface area contributed by atoms with Crippen LogP contribution in [0.5, 0.6) is 0 Å². The Balaban J connectivity index is 4.46. The minimum atomic E-state index is -4.35. The minimum absolute atomic E-state index is 0.0241. The highest BCUT2D eigenvalue weighted by Crippen LogP contribution is 2.43. The molecule has 0 aliphatic rings. The summed E-state index contributed by atoms with van der Waals surface area (Å²) in [7, 11) is 1.44. The second-order valence-corrected chi connectivity index (χ2v) is 11.9. The molecule has 0 amide bonds. The Morgan fingerprint density at radius 1 is 0.821 bits per heavy atom. The van der Waals surface area contributed by atoms with Crippen molar-refractivity contribution in [1.82, 2.24) is 0 Å². The highest BCUT2D eigenvalue weighted by Gasteiger charge is 2.26. The number of hydrogen-bond donors (Lipinski definition) is 1. The summed E-state index contributed by atoms with van der Waals surface area (Å²) < 4.78 is 33.4. The Hall–Kier alpha value is -1.77. The summed E-state index contributed by atoms with van der Waals surface area (Å²) in [6.07, 6.45) is 20.3. The van der Waals surface area contributed by atoms with Gasteiger partial charge in [0.2, 0.25) is 0 Å². The number of unbranched alkanes of at least 4 members (excludes halogenated alkanes) is 4. The molecule has 2 unspecified atom stereocenters. The molecule has 0 aliphatic heterocycles. The summed E-state index contributed by atoms with van der Waals surface area (Å²) in [4.78, 5) is 34.2. The third-order valence-electron chi connectivity index (χ3n) is 5.43. The van der Waals surface area contributed by atoms with Crippen LogP contribution in [0, 0.1) is 0 Å². The number of likely N-dealkylation sites (N-methyl/N-ethyl adjacent to an activating group) is 1. The van der Waals surface area contributed by atoms with Gasteiger partial charge in [0.25, 0.3) is 0 Å². The fourth-order valence-electron chi connectivity index (χ4n) is 3.12. The second-order valence-electron chi connectivity index (χ2n) is 10.4. The van der Waals surface area contributed by atoms with E-state index in [-0.39, 0.29) is 26.1 Å². The molecule has 9 nitrogen and oxygen atoms in total. The fourth-order valence-corrected chi connectivity index (χ4v) is 3.86. The smallest absolute Gasteiger partial charge is 0.462 e. The van der Waals surface area contributed by atoms with Crippen molar-refractivity contribution in [3.63, 3.8) is 0 Å². The maximum Gasteiger partial charge on any atom is 0.472 e. The van der Waals surface area contributed by atoms with Crippen LogP contribution in [0.1, 0.15) is 84.5 Å². The SMILES string of the molecule is CC/C=C\C/C=C\C/C=C\CCCCCC(=O)OC(COC(=O)CCCC)COP(=O)(O)OCC[N+](C)(C)C. The number of carbonyl (C=O) groups is 2. The lowest BCUT2D eigenvalue weighted by Crippen LogP contribution is -2.37. The molecule has 226 valence electrons. The fraction of sp³-hybridized carbons (Fsp3) is 0.724. The number of esters is 2. The summed E-state index contributed by atoms with van der Waals surface area (Å²) in [5, 5.41) is 0. The molecule has 0 aromatic rings. The van der Waals surface area contributed by atoms with Gasteiger partial charge in [-0.2, -0.15) is 0 Å². The lowest BCUT2D eigenvalue weighted by Gasteiger charge is -2.24. The second kappa shape index (κ2) is 23.0. The van der Waals surface area contributed by atoms with Crippen LogP contribution in [0.4, 0.5) is 0 Å². The standard InChI is InChI=1S/C29H52NO8P/c1-6-8-10-11-12-13-14-15-16-17-18-19-20-22-29(32)38-27(25-35-28(31)21-9-7-2)26-37-39(33,34)36-24-23-30(3,4)5/h8,10,12-13,15-16,27H,6-7,9,11,14,17-26H2,1-5H3/p+1/b10-8-,13-12-,16-15-. The van der Waals surface area contributed by atoms with Crippen LogP contribution in [0.15, 0.2) is 36.5 Å². The van der Waals surface area contributed by atoms with E-state index in [2.05, 4.69) is 43.4 Å². The normalized spacial score (nSPS) is 14.7. The first-order chi connectivity index (χ1) is 18.5. The van der Waals surface area contributed by atoms with Crippen molar-refractivity contribution in [3.8, 4) is 0 Å². The largest absolute Gasteiger partial charge is 0.472 e. The molecule has 39 heavy (non-hydrogen) atoms. The van der Waals surface area contributed by atoms with Crippen LogP contribution in [-0.4, -0.2) is 74.9 Å². The molecule has 0 radical (unpaired) electrons. The third-order valence-corrected chi connectivity index (χ3v) is 6.42. The van der Waals surface area contributed by atoms with Gasteiger partial charge in [0.1, 0.15) is 19.8 Å². The summed E-state index contributed by atoms with van der Waals surface area (Å²) in [6, 6.07) is 0. The number of ether oxygens (including phenoxy) is 2. The van der Waals surface area contributed by atoms with E-state index in [1.165, 1.54) is 0 Å². The van der Waals surface area contributed by atoms with E-state index in [4.69, 9.17) is 18.5 Å². The van der Waals surface area contributed by atoms with Gasteiger partial charge in [-0.15, -0.1) is 0 Å². The summed E-state index contributed by atoms with van der Waals surface area (Å²) in [5.41, 5.74) is 0. The van der Waals surface area contributed by atoms with Crippen LogP contribution in [0.2, 0.25) is 0 Å². The Morgan fingerprint density at radius 3 is 2.10 bits per heavy atom. The average Bonchev–Trinajstić information content (AvgIpc) is 2.86. The number of hydrogen-bond acceptors (Lipinski definition) is 7. The van der Waals surface area contributed by atoms with Crippen LogP contribution < -0.4 is 0 Å². The van der Waals surface area contributed by atoms with Gasteiger partial charge in [0, 0.05) is 12.8 Å². The monoisotopic (exact) mass is 574 g/mol. The van der Waals surface area contributed by atoms with E-state index in [0.29, 0.717) is 23.9 Å². The molecule has 0 bridgehead atoms. The number of phosphoric ester groups is 1. The lowest BCUT2D eigenvalue weighted by atomic mass is 10.1. The predicted molar refractivity (Wildman–Crippen MR) is 155 cm³/mol. The first kappa shape index (κ1) is 37.2. The molecule has 1 N–H and O–H groups in total. The zero-order chi connectivity index (χ0) is 29.4. The number of carbonyl (C=O) groups excluding carboxylic acids is 2. The minimum Gasteiger partial charge on any atom is -0.462 e. The number of quaternary nitrogens is 1. The maximum atomic E-state index is 12.4. The van der Waals surface area contributed by atoms with Crippen molar-refractivity contribution in [1.29, 1.82) is 0 Å². The maximum absolute atomic E-state index is 12.4. The van der Waals surface area contributed by atoms with Gasteiger partial charge in [-0.1, -0.05) is 63.1 Å². The van der Waals surface area contributed by atoms with Gasteiger partial charge in [0.05, 0.1) is 27.7 Å². The van der Waals surface area contributed by atoms with E-state index in [1.54, 1.807) is 0 Å². The van der Waals surface area contributed by atoms with Gasteiger partial charge >= 0.3 is 19.8 Å². The zero-order valence-corrected chi connectivity index (χ0v) is 25.7. The lowest BCUT2D eigenvalue weighted by molar-refractivity contribution is -0.870. The van der Waals surface area contributed by atoms with Crippen LogP contribution in [0.25, 0.3) is 0 Å². The molecule has 0 aliphatic carbocycles. The number of phosphoric acid groups is 1. The molecule has 2 atom stereocenters. The Morgan fingerprint density at radius 2 is 1.46 bits per heavy atom. The van der Waals surface area contributed by atoms with Crippen LogP contribution in [-0.2, 0) is 32.7 Å². The average molecular weight is 575 g/mol.